The molecule has 102 valence electrons. The Balaban J connectivity index is 2.18. The van der Waals surface area contributed by atoms with Gasteiger partial charge in [-0.1, -0.05) is 30.3 Å². The number of rotatable bonds is 2. The Hall–Kier alpha value is -2.43. The van der Waals surface area contributed by atoms with Gasteiger partial charge in [0, 0.05) is 11.8 Å². The zero-order valence-corrected chi connectivity index (χ0v) is 10.3. The maximum Gasteiger partial charge on any atom is 0.416 e. The first-order chi connectivity index (χ1) is 9.47. The summed E-state index contributed by atoms with van der Waals surface area (Å²) in [5.74, 6) is -0.497. The molecule has 0 spiro atoms. The summed E-state index contributed by atoms with van der Waals surface area (Å²) in [5, 5.41) is 0. The molecule has 0 aliphatic heterocycles. The van der Waals surface area contributed by atoms with Crippen molar-refractivity contribution in [1.82, 2.24) is 0 Å². The Bertz CT molecular complexity index is 633. The van der Waals surface area contributed by atoms with Crippen LogP contribution in [-0.2, 0) is 6.18 Å². The van der Waals surface area contributed by atoms with E-state index in [1.54, 1.807) is 30.3 Å². The first-order valence-corrected chi connectivity index (χ1v) is 5.77. The van der Waals surface area contributed by atoms with Crippen molar-refractivity contribution in [2.24, 2.45) is 4.99 Å². The van der Waals surface area contributed by atoms with Crippen molar-refractivity contribution in [2.45, 2.75) is 6.18 Å². The van der Waals surface area contributed by atoms with Gasteiger partial charge in [0.1, 0.15) is 0 Å². The highest BCUT2D eigenvalue weighted by Gasteiger charge is 2.30. The molecule has 2 aromatic rings. The monoisotopic (exact) mass is 277 g/mol. The van der Waals surface area contributed by atoms with Crippen LogP contribution >= 0.6 is 0 Å². The van der Waals surface area contributed by atoms with Gasteiger partial charge in [-0.25, -0.2) is 4.99 Å². The second-order valence-electron chi connectivity index (χ2n) is 4.05. The lowest BCUT2D eigenvalue weighted by molar-refractivity contribution is -0.137. The van der Waals surface area contributed by atoms with E-state index in [-0.39, 0.29) is 5.56 Å². The van der Waals surface area contributed by atoms with E-state index >= 15 is 0 Å². The first-order valence-electron chi connectivity index (χ1n) is 5.77. The van der Waals surface area contributed by atoms with Crippen LogP contribution in [0, 0.1) is 0 Å². The highest BCUT2D eigenvalue weighted by atomic mass is 19.4. The SMILES string of the molecule is O=C(N=Cc1cccc(C(F)(F)F)c1)c1ccccc1. The van der Waals surface area contributed by atoms with Crippen molar-refractivity contribution < 1.29 is 18.0 Å². The predicted octanol–water partition coefficient (Wildman–Crippen LogP) is 3.96. The van der Waals surface area contributed by atoms with Crippen LogP contribution in [0.1, 0.15) is 21.5 Å². The van der Waals surface area contributed by atoms with E-state index in [1.807, 2.05) is 0 Å². The van der Waals surface area contributed by atoms with Crippen LogP contribution in [0.4, 0.5) is 13.2 Å². The number of carbonyl (C=O) groups excluding carboxylic acids is 1. The first kappa shape index (κ1) is 14.0. The minimum absolute atomic E-state index is 0.226. The average Bonchev–Trinajstić information content (AvgIpc) is 2.45. The number of carbonyl (C=O) groups is 1. The van der Waals surface area contributed by atoms with Gasteiger partial charge in [-0.05, 0) is 29.8 Å². The molecule has 0 atom stereocenters. The lowest BCUT2D eigenvalue weighted by Crippen LogP contribution is -2.05. The van der Waals surface area contributed by atoms with Gasteiger partial charge in [0.05, 0.1) is 5.56 Å². The summed E-state index contributed by atoms with van der Waals surface area (Å²) in [5.41, 5.74) is -0.159. The van der Waals surface area contributed by atoms with E-state index in [0.29, 0.717) is 5.56 Å². The fourth-order valence-corrected chi connectivity index (χ4v) is 1.58. The minimum atomic E-state index is -4.41. The van der Waals surface area contributed by atoms with E-state index in [4.69, 9.17) is 0 Å². The number of halogens is 3. The molecule has 0 N–H and O–H groups in total. The van der Waals surface area contributed by atoms with E-state index in [2.05, 4.69) is 4.99 Å². The van der Waals surface area contributed by atoms with Crippen LogP contribution in [0.5, 0.6) is 0 Å². The third-order valence-electron chi connectivity index (χ3n) is 2.57. The molecule has 0 heterocycles. The summed E-state index contributed by atoms with van der Waals surface area (Å²) >= 11 is 0. The quantitative estimate of drug-likeness (QED) is 0.764. The Morgan fingerprint density at radius 2 is 1.70 bits per heavy atom. The van der Waals surface area contributed by atoms with Crippen molar-refractivity contribution in [3.8, 4) is 0 Å². The summed E-state index contributed by atoms with van der Waals surface area (Å²) in [4.78, 5) is 15.3. The average molecular weight is 277 g/mol. The maximum absolute atomic E-state index is 12.5. The smallest absolute Gasteiger partial charge is 0.267 e. The van der Waals surface area contributed by atoms with Gasteiger partial charge in [0.25, 0.3) is 5.91 Å². The predicted molar refractivity (Wildman–Crippen MR) is 69.8 cm³/mol. The number of amides is 1. The fraction of sp³-hybridized carbons (Fsp3) is 0.0667. The van der Waals surface area contributed by atoms with Gasteiger partial charge < -0.3 is 0 Å². The van der Waals surface area contributed by atoms with E-state index < -0.39 is 17.6 Å². The van der Waals surface area contributed by atoms with Crippen LogP contribution < -0.4 is 0 Å². The molecule has 0 unspecified atom stereocenters. The summed E-state index contributed by atoms with van der Waals surface area (Å²) in [6, 6.07) is 13.0. The molecule has 2 nitrogen and oxygen atoms in total. The summed E-state index contributed by atoms with van der Waals surface area (Å²) < 4.78 is 37.6. The molecule has 0 radical (unpaired) electrons. The fourth-order valence-electron chi connectivity index (χ4n) is 1.58. The summed E-state index contributed by atoms with van der Waals surface area (Å²) in [7, 11) is 0. The van der Waals surface area contributed by atoms with Gasteiger partial charge in [-0.15, -0.1) is 0 Å². The Labute approximate surface area is 113 Å². The molecule has 0 aliphatic rings. The van der Waals surface area contributed by atoms with Gasteiger partial charge in [0.2, 0.25) is 0 Å². The van der Waals surface area contributed by atoms with Crippen LogP contribution in [0.3, 0.4) is 0 Å². The molecule has 2 rings (SSSR count). The van der Waals surface area contributed by atoms with Crippen molar-refractivity contribution >= 4 is 12.1 Å². The molecule has 5 heteroatoms. The largest absolute Gasteiger partial charge is 0.416 e. The molecule has 0 bridgehead atoms. The van der Waals surface area contributed by atoms with Crippen LogP contribution in [-0.4, -0.2) is 12.1 Å². The Morgan fingerprint density at radius 1 is 1.00 bits per heavy atom. The van der Waals surface area contributed by atoms with Crippen LogP contribution in [0.2, 0.25) is 0 Å². The summed E-state index contributed by atoms with van der Waals surface area (Å²) in [6.45, 7) is 0. The normalized spacial score (nSPS) is 11.8. The standard InChI is InChI=1S/C15H10F3NO/c16-15(17,18)13-8-4-5-11(9-13)10-19-14(20)12-6-2-1-3-7-12/h1-10H. The minimum Gasteiger partial charge on any atom is -0.267 e. The van der Waals surface area contributed by atoms with Crippen molar-refractivity contribution in [1.29, 1.82) is 0 Å². The number of hydrogen-bond acceptors (Lipinski definition) is 1. The lowest BCUT2D eigenvalue weighted by Gasteiger charge is -2.06. The number of hydrogen-bond donors (Lipinski definition) is 0. The van der Waals surface area contributed by atoms with E-state index in [1.165, 1.54) is 12.1 Å². The molecule has 20 heavy (non-hydrogen) atoms. The molecule has 0 fully saturated rings. The van der Waals surface area contributed by atoms with Crippen LogP contribution in [0.15, 0.2) is 59.6 Å². The highest BCUT2D eigenvalue weighted by Crippen LogP contribution is 2.29. The van der Waals surface area contributed by atoms with E-state index in [0.717, 1.165) is 18.3 Å². The summed E-state index contributed by atoms with van der Waals surface area (Å²) in [6.07, 6.45) is -3.28. The second-order valence-corrected chi connectivity index (χ2v) is 4.05. The molecular formula is C15H10F3NO. The Morgan fingerprint density at radius 3 is 2.35 bits per heavy atom. The molecule has 0 saturated heterocycles. The van der Waals surface area contributed by atoms with Gasteiger partial charge >= 0.3 is 6.18 Å². The Kier molecular flexibility index (Phi) is 3.98. The van der Waals surface area contributed by atoms with Gasteiger partial charge in [-0.3, -0.25) is 4.79 Å². The molecule has 0 saturated carbocycles. The number of benzene rings is 2. The third-order valence-corrected chi connectivity index (χ3v) is 2.57. The second kappa shape index (κ2) is 5.69. The van der Waals surface area contributed by atoms with Crippen molar-refractivity contribution in [3.63, 3.8) is 0 Å². The number of nitrogens with zero attached hydrogens (tertiary/aromatic N) is 1. The van der Waals surface area contributed by atoms with Gasteiger partial charge in [0.15, 0.2) is 0 Å². The zero-order valence-electron chi connectivity index (χ0n) is 10.3. The lowest BCUT2D eigenvalue weighted by atomic mass is 10.1. The van der Waals surface area contributed by atoms with Crippen LogP contribution in [0.25, 0.3) is 0 Å². The maximum atomic E-state index is 12.5. The highest BCUT2D eigenvalue weighted by molar-refractivity contribution is 6.01. The zero-order chi connectivity index (χ0) is 14.6. The molecule has 0 aliphatic carbocycles. The molecular weight excluding hydrogens is 267 g/mol. The van der Waals surface area contributed by atoms with Crippen molar-refractivity contribution in [2.75, 3.05) is 0 Å². The number of alkyl halides is 3. The number of aliphatic imine (C=N–C) groups is 1. The van der Waals surface area contributed by atoms with Gasteiger partial charge in [-0.2, -0.15) is 13.2 Å². The van der Waals surface area contributed by atoms with Crippen molar-refractivity contribution in [3.05, 3.63) is 71.3 Å². The molecule has 1 amide bonds. The third kappa shape index (κ3) is 3.54. The van der Waals surface area contributed by atoms with E-state index in [9.17, 15) is 18.0 Å². The molecule has 2 aromatic carbocycles. The molecule has 0 aromatic heterocycles. The topological polar surface area (TPSA) is 29.4 Å².